The van der Waals surface area contributed by atoms with Crippen LogP contribution in [0.1, 0.15) is 92.7 Å². The van der Waals surface area contributed by atoms with Gasteiger partial charge in [-0.25, -0.2) is 0 Å². The van der Waals surface area contributed by atoms with E-state index >= 15 is 0 Å². The Labute approximate surface area is 350 Å². The number of aromatic nitrogens is 2. The molecular weight excluding hydrogens is 687 g/mol. The number of hydrogen-bond donors (Lipinski definition) is 0. The smallest absolute Gasteiger partial charge is 0.333 e. The highest BCUT2D eigenvalue weighted by Gasteiger charge is 2.43. The minimum Gasteiger partial charge on any atom is -0.375 e. The van der Waals surface area contributed by atoms with Crippen molar-refractivity contribution in [3.63, 3.8) is 0 Å². The van der Waals surface area contributed by atoms with Gasteiger partial charge in [0.2, 0.25) is 0 Å². The maximum absolute atomic E-state index is 9.22. The van der Waals surface area contributed by atoms with Crippen molar-refractivity contribution in [3.05, 3.63) is 150 Å². The lowest BCUT2D eigenvalue weighted by molar-refractivity contribution is 0.589. The number of hydrogen-bond acceptors (Lipinski definition) is 0. The standard InChI is InChI=1S/C54H49BN2/c1-52(2,3)36-21-23-47-40(27-36)43-29-37(53(4,5)6)30-44-41-28-38(54(7,8)9)31-48-49(41)55(57(47)50(43)44)45-26-35(33-18-14-11-15-19-33)25-42-39-24-34(32-16-12-10-13-17-32)20-22-46(39)56(48)51(42)45/h10-31H,1-9H3/i10D,11D,12D,13D,14D,15D,16D,17D,18D,19D. The molecule has 0 amide bonds. The molecule has 2 nitrogen and oxygen atoms in total. The van der Waals surface area contributed by atoms with Crippen molar-refractivity contribution in [1.82, 2.24) is 9.05 Å². The molecule has 0 saturated heterocycles. The molecule has 0 unspecified atom stereocenters. The lowest BCUT2D eigenvalue weighted by Crippen LogP contribution is -2.55. The van der Waals surface area contributed by atoms with Gasteiger partial charge in [-0.2, -0.15) is 0 Å². The molecule has 4 heterocycles. The molecule has 278 valence electrons. The second-order valence-electron chi connectivity index (χ2n) is 19.2. The zero-order valence-corrected chi connectivity index (χ0v) is 33.9. The minimum atomic E-state index is -0.469. The topological polar surface area (TPSA) is 9.86 Å². The van der Waals surface area contributed by atoms with Crippen LogP contribution in [-0.4, -0.2) is 15.9 Å². The van der Waals surface area contributed by atoms with E-state index in [9.17, 15) is 2.74 Å². The van der Waals surface area contributed by atoms with Crippen molar-refractivity contribution in [1.29, 1.82) is 0 Å². The van der Waals surface area contributed by atoms with Crippen molar-refractivity contribution >= 4 is 61.4 Å². The van der Waals surface area contributed by atoms with Crippen LogP contribution in [0.5, 0.6) is 0 Å². The maximum atomic E-state index is 9.22. The molecule has 0 spiro atoms. The third-order valence-corrected chi connectivity index (χ3v) is 12.5. The van der Waals surface area contributed by atoms with Crippen LogP contribution in [0, 0.1) is 0 Å². The van der Waals surface area contributed by atoms with Crippen LogP contribution in [0.25, 0.3) is 82.7 Å². The predicted molar refractivity (Wildman–Crippen MR) is 247 cm³/mol. The van der Waals surface area contributed by atoms with Gasteiger partial charge in [0.05, 0.1) is 24.7 Å². The van der Waals surface area contributed by atoms with Crippen LogP contribution in [0.4, 0.5) is 0 Å². The van der Waals surface area contributed by atoms with E-state index in [4.69, 9.17) is 11.0 Å². The van der Waals surface area contributed by atoms with Gasteiger partial charge in [0.1, 0.15) is 0 Å². The van der Waals surface area contributed by atoms with Crippen molar-refractivity contribution in [2.45, 2.75) is 78.6 Å². The summed E-state index contributed by atoms with van der Waals surface area (Å²) in [6.45, 7) is 19.7. The molecule has 2 aliphatic rings. The maximum Gasteiger partial charge on any atom is 0.333 e. The second kappa shape index (κ2) is 11.4. The number of rotatable bonds is 2. The summed E-state index contributed by atoms with van der Waals surface area (Å²) in [5, 5.41) is 3.78. The van der Waals surface area contributed by atoms with Crippen LogP contribution in [0.15, 0.2) is 133 Å². The van der Waals surface area contributed by atoms with E-state index in [1.54, 1.807) is 0 Å². The van der Waals surface area contributed by atoms with Crippen molar-refractivity contribution in [2.24, 2.45) is 0 Å². The fourth-order valence-electron chi connectivity index (χ4n) is 9.47. The van der Waals surface area contributed by atoms with Gasteiger partial charge in [-0.05, 0) is 120 Å². The number of fused-ring (bicyclic) bond motifs is 10. The Bertz CT molecular complexity index is 3710. The molecule has 2 aliphatic heterocycles. The van der Waals surface area contributed by atoms with E-state index in [0.29, 0.717) is 11.1 Å². The van der Waals surface area contributed by atoms with E-state index in [1.165, 1.54) is 11.1 Å². The summed E-state index contributed by atoms with van der Waals surface area (Å²) in [5.74, 6) is 0. The van der Waals surface area contributed by atoms with E-state index in [-0.39, 0.29) is 51.5 Å². The summed E-state index contributed by atoms with van der Waals surface area (Å²) in [5.41, 5.74) is 13.2. The molecule has 2 aromatic heterocycles. The summed E-state index contributed by atoms with van der Waals surface area (Å²) >= 11 is 0. The highest BCUT2D eigenvalue weighted by molar-refractivity contribution is 6.90. The fourth-order valence-corrected chi connectivity index (χ4v) is 9.47. The summed E-state index contributed by atoms with van der Waals surface area (Å²) in [6, 6.07) is 22.0. The van der Waals surface area contributed by atoms with Crippen molar-refractivity contribution < 1.29 is 13.7 Å². The highest BCUT2D eigenvalue weighted by Crippen LogP contribution is 2.47. The molecule has 3 heteroatoms. The van der Waals surface area contributed by atoms with E-state index in [1.807, 2.05) is 30.3 Å². The zero-order chi connectivity index (χ0) is 48.0. The average Bonchev–Trinajstić information content (AvgIpc) is 3.78. The molecule has 0 radical (unpaired) electrons. The van der Waals surface area contributed by atoms with Gasteiger partial charge in [0.15, 0.2) is 0 Å². The van der Waals surface area contributed by atoms with E-state index in [0.717, 1.165) is 76.9 Å². The third-order valence-electron chi connectivity index (χ3n) is 12.5. The Morgan fingerprint density at radius 1 is 0.456 bits per heavy atom. The normalized spacial score (nSPS) is 16.1. The van der Waals surface area contributed by atoms with Gasteiger partial charge in [0.25, 0.3) is 0 Å². The third kappa shape index (κ3) is 4.91. The molecule has 11 rings (SSSR count). The van der Waals surface area contributed by atoms with Crippen LogP contribution in [0.3, 0.4) is 0 Å². The number of nitrogens with zero attached hydrogens (tertiary/aromatic N) is 2. The highest BCUT2D eigenvalue weighted by atomic mass is 15.0. The van der Waals surface area contributed by atoms with Crippen LogP contribution in [0.2, 0.25) is 0 Å². The molecule has 9 aromatic rings. The average molecular weight is 747 g/mol. The first kappa shape index (κ1) is 25.5. The van der Waals surface area contributed by atoms with Gasteiger partial charge in [0, 0.05) is 43.8 Å². The number of benzene rings is 7. The summed E-state index contributed by atoms with van der Waals surface area (Å²) in [6.07, 6.45) is 0. The SMILES string of the molecule is [2H]c1c([2H])c([2H])c(-c2ccc3c(c2)c2cc(-c4c([2H])c([2H])c([2H])c([2H])c4[2H])cc4c2n3-c2cc(C(C)(C)C)cc3c2B4n2c4ccc(C(C)(C)C)cc4c4cc(C(C)(C)C)cc-3c42)c([2H])c1[2H]. The second-order valence-corrected chi connectivity index (χ2v) is 19.2. The molecule has 0 N–H and O–H groups in total. The predicted octanol–water partition coefficient (Wildman–Crippen LogP) is 13.1. The van der Waals surface area contributed by atoms with Crippen LogP contribution >= 0.6 is 0 Å². The summed E-state index contributed by atoms with van der Waals surface area (Å²) in [4.78, 5) is 0. The van der Waals surface area contributed by atoms with Crippen molar-refractivity contribution in [3.8, 4) is 39.1 Å². The van der Waals surface area contributed by atoms with Gasteiger partial charge < -0.3 is 9.05 Å². The van der Waals surface area contributed by atoms with Crippen LogP contribution < -0.4 is 10.9 Å². The monoisotopic (exact) mass is 746 g/mol. The summed E-state index contributed by atoms with van der Waals surface area (Å²) < 4.78 is 92.4. The van der Waals surface area contributed by atoms with Gasteiger partial charge in [-0.3, -0.25) is 0 Å². The molecule has 0 aliphatic carbocycles. The molecule has 0 saturated carbocycles. The quantitative estimate of drug-likeness (QED) is 0.156. The first-order valence-electron chi connectivity index (χ1n) is 24.9. The Kier molecular flexibility index (Phi) is 5.10. The Hall–Kier alpha value is -5.80. The van der Waals surface area contributed by atoms with Crippen molar-refractivity contribution in [2.75, 3.05) is 0 Å². The zero-order valence-electron chi connectivity index (χ0n) is 43.9. The van der Waals surface area contributed by atoms with Gasteiger partial charge in [-0.1, -0.05) is 147 Å². The molecule has 0 atom stereocenters. The Balaban J connectivity index is 1.37. The lowest BCUT2D eigenvalue weighted by Gasteiger charge is -2.36. The van der Waals surface area contributed by atoms with E-state index < -0.39 is 43.1 Å². The fraction of sp³-hybridized carbons (Fsp3) is 0.222. The van der Waals surface area contributed by atoms with E-state index in [2.05, 4.69) is 114 Å². The largest absolute Gasteiger partial charge is 0.375 e. The van der Waals surface area contributed by atoms with Gasteiger partial charge >= 0.3 is 6.85 Å². The minimum absolute atomic E-state index is 0.0834. The molecule has 7 aromatic carbocycles. The molecular formula is C54H49BN2. The molecule has 0 bridgehead atoms. The molecule has 57 heavy (non-hydrogen) atoms. The van der Waals surface area contributed by atoms with Crippen LogP contribution in [-0.2, 0) is 16.2 Å². The first-order valence-corrected chi connectivity index (χ1v) is 19.9. The van der Waals surface area contributed by atoms with Gasteiger partial charge in [-0.15, -0.1) is 0 Å². The molecule has 0 fully saturated rings. The lowest BCUT2D eigenvalue weighted by atomic mass is 9.45. The first-order chi connectivity index (χ1) is 31.3. The Morgan fingerprint density at radius 3 is 1.67 bits per heavy atom. The summed E-state index contributed by atoms with van der Waals surface area (Å²) in [7, 11) is 0. The Morgan fingerprint density at radius 2 is 1.00 bits per heavy atom.